The van der Waals surface area contributed by atoms with Crippen LogP contribution in [-0.4, -0.2) is 51.8 Å². The van der Waals surface area contributed by atoms with E-state index in [9.17, 15) is 14.7 Å². The lowest BCUT2D eigenvalue weighted by molar-refractivity contribution is -0.134. The predicted molar refractivity (Wildman–Crippen MR) is 99.4 cm³/mol. The van der Waals surface area contributed by atoms with Gasteiger partial charge < -0.3 is 20.2 Å². The average molecular weight is 357 g/mol. The van der Waals surface area contributed by atoms with E-state index in [0.717, 1.165) is 18.4 Å². The van der Waals surface area contributed by atoms with Gasteiger partial charge in [0, 0.05) is 18.7 Å². The van der Waals surface area contributed by atoms with Crippen LogP contribution in [0.4, 0.5) is 0 Å². The molecule has 6 nitrogen and oxygen atoms in total. The first-order chi connectivity index (χ1) is 12.5. The molecule has 0 amide bonds. The molecule has 2 aromatic rings. The number of aliphatic carboxylic acids is 2. The molecule has 0 bridgehead atoms. The number of benzene rings is 2. The molecule has 0 aromatic heterocycles. The zero-order chi connectivity index (χ0) is 18.9. The van der Waals surface area contributed by atoms with Gasteiger partial charge in [0.25, 0.3) is 0 Å². The Balaban J connectivity index is 0.000000260. The van der Waals surface area contributed by atoms with Crippen LogP contribution in [0.1, 0.15) is 18.4 Å². The van der Waals surface area contributed by atoms with Crippen molar-refractivity contribution in [3.8, 4) is 5.75 Å². The standard InChI is InChI=1S/C16H19NO.C4H4O4/c18-15-6-7-16-13(4-3-5-14(16)12-15)8-11-17-9-1-2-10-17;5-3(6)1-2-4(7)8/h3-7,12,18H,1-2,8-11H2;1-2H,(H,5,6)(H,7,8)/b;2-1+. The summed E-state index contributed by atoms with van der Waals surface area (Å²) in [7, 11) is 0. The van der Waals surface area contributed by atoms with Crippen molar-refractivity contribution in [2.45, 2.75) is 19.3 Å². The van der Waals surface area contributed by atoms with Crippen LogP contribution >= 0.6 is 0 Å². The molecule has 1 aliphatic heterocycles. The number of hydrogen-bond acceptors (Lipinski definition) is 4. The fourth-order valence-electron chi connectivity index (χ4n) is 2.98. The van der Waals surface area contributed by atoms with Crippen LogP contribution in [0.5, 0.6) is 5.75 Å². The summed E-state index contributed by atoms with van der Waals surface area (Å²) < 4.78 is 0. The molecule has 1 saturated heterocycles. The highest BCUT2D eigenvalue weighted by Crippen LogP contribution is 2.23. The number of hydrogen-bond donors (Lipinski definition) is 3. The molecule has 0 saturated carbocycles. The minimum Gasteiger partial charge on any atom is -0.508 e. The summed E-state index contributed by atoms with van der Waals surface area (Å²) in [4.78, 5) is 21.6. The summed E-state index contributed by atoms with van der Waals surface area (Å²) in [5.41, 5.74) is 1.39. The predicted octanol–water partition coefficient (Wildman–Crippen LogP) is 2.90. The smallest absolute Gasteiger partial charge is 0.328 e. The second-order valence-electron chi connectivity index (χ2n) is 6.13. The van der Waals surface area contributed by atoms with Crippen molar-refractivity contribution in [3.63, 3.8) is 0 Å². The molecule has 1 aliphatic rings. The highest BCUT2D eigenvalue weighted by molar-refractivity contribution is 5.89. The van der Waals surface area contributed by atoms with E-state index in [2.05, 4.69) is 23.1 Å². The first-order valence-corrected chi connectivity index (χ1v) is 8.52. The van der Waals surface area contributed by atoms with Gasteiger partial charge in [-0.2, -0.15) is 0 Å². The molecule has 0 radical (unpaired) electrons. The molecule has 6 heteroatoms. The summed E-state index contributed by atoms with van der Waals surface area (Å²) in [6.45, 7) is 3.66. The van der Waals surface area contributed by atoms with Gasteiger partial charge in [0.05, 0.1) is 0 Å². The molecule has 26 heavy (non-hydrogen) atoms. The van der Waals surface area contributed by atoms with Gasteiger partial charge in [-0.15, -0.1) is 0 Å². The molecular formula is C20H23NO5. The monoisotopic (exact) mass is 357 g/mol. The highest BCUT2D eigenvalue weighted by Gasteiger charge is 2.11. The van der Waals surface area contributed by atoms with E-state index >= 15 is 0 Å². The number of fused-ring (bicyclic) bond motifs is 1. The minimum absolute atomic E-state index is 0.346. The van der Waals surface area contributed by atoms with Gasteiger partial charge in [-0.05, 0) is 60.8 Å². The maximum Gasteiger partial charge on any atom is 0.328 e. The highest BCUT2D eigenvalue weighted by atomic mass is 16.4. The number of phenolic OH excluding ortho intramolecular Hbond substituents is 1. The van der Waals surface area contributed by atoms with Crippen LogP contribution in [0.2, 0.25) is 0 Å². The largest absolute Gasteiger partial charge is 0.508 e. The molecule has 0 atom stereocenters. The normalized spacial score (nSPS) is 14.3. The number of carboxylic acid groups (broad SMARTS) is 2. The lowest BCUT2D eigenvalue weighted by atomic mass is 10.0. The Morgan fingerprint density at radius 2 is 1.65 bits per heavy atom. The molecule has 0 aliphatic carbocycles. The van der Waals surface area contributed by atoms with Crippen molar-refractivity contribution in [1.82, 2.24) is 4.90 Å². The molecule has 138 valence electrons. The van der Waals surface area contributed by atoms with Gasteiger partial charge >= 0.3 is 11.9 Å². The van der Waals surface area contributed by atoms with E-state index in [1.165, 1.54) is 36.9 Å². The van der Waals surface area contributed by atoms with Crippen LogP contribution in [0.25, 0.3) is 10.8 Å². The molecule has 1 heterocycles. The summed E-state index contributed by atoms with van der Waals surface area (Å²) >= 11 is 0. The number of aromatic hydroxyl groups is 1. The van der Waals surface area contributed by atoms with Crippen LogP contribution in [-0.2, 0) is 16.0 Å². The molecule has 0 unspecified atom stereocenters. The van der Waals surface area contributed by atoms with Gasteiger partial charge in [0.15, 0.2) is 0 Å². The first kappa shape index (κ1) is 19.5. The molecule has 1 fully saturated rings. The van der Waals surface area contributed by atoms with Crippen LogP contribution in [0.15, 0.2) is 48.6 Å². The second kappa shape index (κ2) is 9.58. The summed E-state index contributed by atoms with van der Waals surface area (Å²) in [5, 5.41) is 27.5. The molecule has 3 rings (SSSR count). The number of carboxylic acids is 2. The number of likely N-dealkylation sites (tertiary alicyclic amines) is 1. The number of carbonyl (C=O) groups is 2. The van der Waals surface area contributed by atoms with Crippen molar-refractivity contribution in [2.24, 2.45) is 0 Å². The maximum absolute atomic E-state index is 9.55. The topological polar surface area (TPSA) is 98.1 Å². The van der Waals surface area contributed by atoms with E-state index in [1.807, 2.05) is 12.1 Å². The Bertz CT molecular complexity index is 778. The Kier molecular flexibility index (Phi) is 7.17. The maximum atomic E-state index is 9.55. The van der Waals surface area contributed by atoms with Gasteiger partial charge in [0.2, 0.25) is 0 Å². The fraction of sp³-hybridized carbons (Fsp3) is 0.300. The summed E-state index contributed by atoms with van der Waals surface area (Å²) in [5.74, 6) is -2.17. The van der Waals surface area contributed by atoms with Crippen molar-refractivity contribution < 1.29 is 24.9 Å². The van der Waals surface area contributed by atoms with E-state index in [4.69, 9.17) is 10.2 Å². The summed E-state index contributed by atoms with van der Waals surface area (Å²) in [6.07, 6.45) is 4.92. The van der Waals surface area contributed by atoms with E-state index in [0.29, 0.717) is 17.9 Å². The van der Waals surface area contributed by atoms with Gasteiger partial charge in [-0.25, -0.2) is 9.59 Å². The van der Waals surface area contributed by atoms with Crippen molar-refractivity contribution in [1.29, 1.82) is 0 Å². The molecular weight excluding hydrogens is 334 g/mol. The lowest BCUT2D eigenvalue weighted by Crippen LogP contribution is -2.21. The molecule has 3 N–H and O–H groups in total. The second-order valence-corrected chi connectivity index (χ2v) is 6.13. The van der Waals surface area contributed by atoms with Crippen LogP contribution in [0, 0.1) is 0 Å². The van der Waals surface area contributed by atoms with Gasteiger partial charge in [-0.3, -0.25) is 0 Å². The summed E-state index contributed by atoms with van der Waals surface area (Å²) in [6, 6.07) is 12.0. The minimum atomic E-state index is -1.26. The number of phenols is 1. The zero-order valence-electron chi connectivity index (χ0n) is 14.5. The fourth-order valence-corrected chi connectivity index (χ4v) is 2.98. The van der Waals surface area contributed by atoms with Gasteiger partial charge in [0.1, 0.15) is 5.75 Å². The zero-order valence-corrected chi connectivity index (χ0v) is 14.5. The van der Waals surface area contributed by atoms with E-state index < -0.39 is 11.9 Å². The third kappa shape index (κ3) is 6.22. The van der Waals surface area contributed by atoms with Crippen LogP contribution in [0.3, 0.4) is 0 Å². The third-order valence-corrected chi connectivity index (χ3v) is 4.22. The van der Waals surface area contributed by atoms with Crippen LogP contribution < -0.4 is 0 Å². The SMILES string of the molecule is O=C(O)/C=C/C(=O)O.Oc1ccc2c(CCN3CCCC3)cccc2c1. The Morgan fingerprint density at radius 1 is 1.00 bits per heavy atom. The Labute approximate surface area is 152 Å². The number of rotatable bonds is 5. The molecule has 0 spiro atoms. The third-order valence-electron chi connectivity index (χ3n) is 4.22. The first-order valence-electron chi connectivity index (χ1n) is 8.52. The van der Waals surface area contributed by atoms with E-state index in [-0.39, 0.29) is 0 Å². The van der Waals surface area contributed by atoms with E-state index in [1.54, 1.807) is 6.07 Å². The van der Waals surface area contributed by atoms with Crippen molar-refractivity contribution in [2.75, 3.05) is 19.6 Å². The van der Waals surface area contributed by atoms with Crippen molar-refractivity contribution >= 4 is 22.7 Å². The quantitative estimate of drug-likeness (QED) is 0.712. The number of nitrogens with zero attached hydrogens (tertiary/aromatic N) is 1. The lowest BCUT2D eigenvalue weighted by Gasteiger charge is -2.15. The Hall–Kier alpha value is -2.86. The Morgan fingerprint density at radius 3 is 2.27 bits per heavy atom. The van der Waals surface area contributed by atoms with Crippen molar-refractivity contribution in [3.05, 3.63) is 54.1 Å². The molecule has 2 aromatic carbocycles. The average Bonchev–Trinajstić information content (AvgIpc) is 3.12. The van der Waals surface area contributed by atoms with Gasteiger partial charge in [-0.1, -0.05) is 24.3 Å².